The van der Waals surface area contributed by atoms with Crippen molar-refractivity contribution in [2.45, 2.75) is 38.8 Å². The molecule has 1 unspecified atom stereocenters. The first-order valence-electron chi connectivity index (χ1n) is 9.29. The van der Waals surface area contributed by atoms with Gasteiger partial charge >= 0.3 is 5.97 Å². The van der Waals surface area contributed by atoms with E-state index in [1.165, 1.54) is 0 Å². The van der Waals surface area contributed by atoms with Crippen LogP contribution in [0.15, 0.2) is 28.7 Å². The van der Waals surface area contributed by atoms with E-state index in [4.69, 9.17) is 21.1 Å². The van der Waals surface area contributed by atoms with Crippen LogP contribution < -0.4 is 0 Å². The van der Waals surface area contributed by atoms with Crippen LogP contribution in [0, 0.1) is 6.92 Å². The fourth-order valence-corrected chi connectivity index (χ4v) is 3.79. The second-order valence-electron chi connectivity index (χ2n) is 7.20. The predicted octanol–water partition coefficient (Wildman–Crippen LogP) is 3.67. The summed E-state index contributed by atoms with van der Waals surface area (Å²) in [6.07, 6.45) is 3.01. The lowest BCUT2D eigenvalue weighted by molar-refractivity contribution is -0.138. The molecule has 2 heterocycles. The Bertz CT molecular complexity index is 775. The van der Waals surface area contributed by atoms with Crippen molar-refractivity contribution in [2.24, 2.45) is 0 Å². The summed E-state index contributed by atoms with van der Waals surface area (Å²) >= 11 is 5.96. The molecule has 1 aliphatic rings. The number of hydrogen-bond donors (Lipinski definition) is 1. The Morgan fingerprint density at radius 3 is 2.78 bits per heavy atom. The monoisotopic (exact) mass is 391 g/mol. The number of hydrogen-bond acceptors (Lipinski definition) is 5. The largest absolute Gasteiger partial charge is 0.480 e. The van der Waals surface area contributed by atoms with Crippen molar-refractivity contribution in [3.8, 4) is 11.3 Å². The molecule has 1 fully saturated rings. The summed E-state index contributed by atoms with van der Waals surface area (Å²) in [6, 6.07) is 7.88. The number of carboxylic acid groups (broad SMARTS) is 1. The lowest BCUT2D eigenvalue weighted by Crippen LogP contribution is -2.36. The highest BCUT2D eigenvalue weighted by Crippen LogP contribution is 2.27. The van der Waals surface area contributed by atoms with Crippen molar-refractivity contribution in [3.63, 3.8) is 0 Å². The van der Waals surface area contributed by atoms with Gasteiger partial charge in [-0.25, -0.2) is 4.98 Å². The Morgan fingerprint density at radius 2 is 2.07 bits per heavy atom. The third-order valence-corrected chi connectivity index (χ3v) is 5.36. The van der Waals surface area contributed by atoms with Gasteiger partial charge in [0.2, 0.25) is 5.89 Å². The zero-order chi connectivity index (χ0) is 19.4. The molecule has 27 heavy (non-hydrogen) atoms. The molecule has 0 radical (unpaired) electrons. The third kappa shape index (κ3) is 5.31. The van der Waals surface area contributed by atoms with Crippen LogP contribution in [-0.4, -0.2) is 58.6 Å². The second-order valence-corrected chi connectivity index (χ2v) is 7.64. The maximum absolute atomic E-state index is 10.9. The van der Waals surface area contributed by atoms with Gasteiger partial charge in [-0.2, -0.15) is 0 Å². The molecule has 1 saturated heterocycles. The van der Waals surface area contributed by atoms with Crippen molar-refractivity contribution in [1.82, 2.24) is 14.8 Å². The number of likely N-dealkylation sites (N-methyl/N-ethyl adjacent to an activating group) is 1. The number of likely N-dealkylation sites (tertiary alicyclic amines) is 1. The normalized spacial score (nSPS) is 18.6. The van der Waals surface area contributed by atoms with E-state index in [1.807, 2.05) is 43.1 Å². The zero-order valence-electron chi connectivity index (χ0n) is 15.8. The van der Waals surface area contributed by atoms with Gasteiger partial charge in [-0.05, 0) is 64.0 Å². The fraction of sp³-hybridized carbons (Fsp3) is 0.500. The molecule has 6 nitrogen and oxygen atoms in total. The smallest absolute Gasteiger partial charge is 0.317 e. The Labute approximate surface area is 164 Å². The molecule has 0 saturated carbocycles. The lowest BCUT2D eigenvalue weighted by atomic mass is 10.1. The number of carboxylic acids is 1. The van der Waals surface area contributed by atoms with E-state index in [0.717, 1.165) is 55.3 Å². The summed E-state index contributed by atoms with van der Waals surface area (Å²) in [6.45, 7) is 4.59. The quantitative estimate of drug-likeness (QED) is 0.810. The number of rotatable bonds is 6. The highest BCUT2D eigenvalue weighted by molar-refractivity contribution is 6.30. The van der Waals surface area contributed by atoms with Crippen LogP contribution in [0.3, 0.4) is 0 Å². The van der Waals surface area contributed by atoms with E-state index in [2.05, 4.69) is 9.88 Å². The summed E-state index contributed by atoms with van der Waals surface area (Å²) in [5, 5.41) is 9.69. The average molecular weight is 392 g/mol. The number of aliphatic carboxylic acids is 1. The van der Waals surface area contributed by atoms with E-state index in [1.54, 1.807) is 0 Å². The van der Waals surface area contributed by atoms with E-state index < -0.39 is 5.97 Å². The van der Waals surface area contributed by atoms with Gasteiger partial charge in [0.05, 0.1) is 18.8 Å². The number of carbonyl (C=O) groups is 1. The van der Waals surface area contributed by atoms with Crippen LogP contribution in [0.25, 0.3) is 11.3 Å². The standard InChI is InChI=1S/C20H26ClN3O3/c1-14-20(15-5-7-16(21)8-6-15)27-18(22-14)12-24-10-3-4-17(9-11-24)23(2)13-19(25)26/h5-8,17H,3-4,9-13H2,1-2H3,(H,25,26). The Kier molecular flexibility index (Phi) is 6.52. The molecule has 1 aromatic heterocycles. The molecule has 0 spiro atoms. The van der Waals surface area contributed by atoms with Gasteiger partial charge < -0.3 is 9.52 Å². The maximum Gasteiger partial charge on any atom is 0.317 e. The predicted molar refractivity (Wildman–Crippen MR) is 105 cm³/mol. The Hall–Kier alpha value is -1.89. The topological polar surface area (TPSA) is 69.8 Å². The van der Waals surface area contributed by atoms with Crippen molar-refractivity contribution >= 4 is 17.6 Å². The van der Waals surface area contributed by atoms with Crippen LogP contribution in [0.4, 0.5) is 0 Å². The molecule has 146 valence electrons. The molecular weight excluding hydrogens is 366 g/mol. The number of oxazole rings is 1. The molecule has 1 aromatic carbocycles. The molecule has 0 aliphatic carbocycles. The first kappa shape index (κ1) is 19.9. The number of benzene rings is 1. The third-order valence-electron chi connectivity index (χ3n) is 5.10. The first-order chi connectivity index (χ1) is 12.9. The minimum atomic E-state index is -0.774. The first-order valence-corrected chi connectivity index (χ1v) is 9.67. The summed E-state index contributed by atoms with van der Waals surface area (Å²) in [5.74, 6) is 0.730. The van der Waals surface area contributed by atoms with E-state index >= 15 is 0 Å². The summed E-state index contributed by atoms with van der Waals surface area (Å²) in [5.41, 5.74) is 1.85. The number of aryl methyl sites for hydroxylation is 1. The van der Waals surface area contributed by atoms with Gasteiger partial charge in [0.1, 0.15) is 0 Å². The van der Waals surface area contributed by atoms with Crippen LogP contribution in [0.1, 0.15) is 30.8 Å². The minimum Gasteiger partial charge on any atom is -0.480 e. The summed E-state index contributed by atoms with van der Waals surface area (Å²) < 4.78 is 6.03. The van der Waals surface area contributed by atoms with Gasteiger partial charge in [-0.1, -0.05) is 11.6 Å². The van der Waals surface area contributed by atoms with E-state index in [9.17, 15) is 4.79 Å². The summed E-state index contributed by atoms with van der Waals surface area (Å²) in [7, 11) is 1.89. The zero-order valence-corrected chi connectivity index (χ0v) is 16.6. The van der Waals surface area contributed by atoms with Gasteiger partial charge in [-0.15, -0.1) is 0 Å². The SMILES string of the molecule is Cc1nc(CN2CCCC(N(C)CC(=O)O)CC2)oc1-c1ccc(Cl)cc1. The highest BCUT2D eigenvalue weighted by atomic mass is 35.5. The van der Waals surface area contributed by atoms with Gasteiger partial charge in [0.25, 0.3) is 0 Å². The summed E-state index contributed by atoms with van der Waals surface area (Å²) in [4.78, 5) is 19.8. The minimum absolute atomic E-state index is 0.0913. The fourth-order valence-electron chi connectivity index (χ4n) is 3.66. The van der Waals surface area contributed by atoms with Crippen molar-refractivity contribution in [2.75, 3.05) is 26.7 Å². The van der Waals surface area contributed by atoms with Gasteiger partial charge in [0, 0.05) is 23.2 Å². The van der Waals surface area contributed by atoms with Crippen molar-refractivity contribution in [3.05, 3.63) is 40.9 Å². The maximum atomic E-state index is 10.9. The average Bonchev–Trinajstić information content (AvgIpc) is 2.82. The molecular formula is C20H26ClN3O3. The Balaban J connectivity index is 1.62. The number of nitrogens with zero attached hydrogens (tertiary/aromatic N) is 3. The van der Waals surface area contributed by atoms with Crippen molar-refractivity contribution < 1.29 is 14.3 Å². The van der Waals surface area contributed by atoms with Crippen LogP contribution >= 0.6 is 11.6 Å². The number of halogens is 1. The molecule has 1 aliphatic heterocycles. The van der Waals surface area contributed by atoms with E-state index in [-0.39, 0.29) is 6.54 Å². The lowest BCUT2D eigenvalue weighted by Gasteiger charge is -2.25. The highest BCUT2D eigenvalue weighted by Gasteiger charge is 2.23. The van der Waals surface area contributed by atoms with Crippen LogP contribution in [0.2, 0.25) is 5.02 Å². The molecule has 0 bridgehead atoms. The molecule has 7 heteroatoms. The van der Waals surface area contributed by atoms with E-state index in [0.29, 0.717) is 17.6 Å². The second kappa shape index (κ2) is 8.87. The Morgan fingerprint density at radius 1 is 1.33 bits per heavy atom. The molecule has 1 N–H and O–H groups in total. The molecule has 2 aromatic rings. The van der Waals surface area contributed by atoms with Crippen LogP contribution in [-0.2, 0) is 11.3 Å². The van der Waals surface area contributed by atoms with Gasteiger partial charge in [0.15, 0.2) is 5.76 Å². The van der Waals surface area contributed by atoms with Crippen molar-refractivity contribution in [1.29, 1.82) is 0 Å². The number of aromatic nitrogens is 1. The molecule has 3 rings (SSSR count). The molecule has 0 amide bonds. The van der Waals surface area contributed by atoms with Gasteiger partial charge in [-0.3, -0.25) is 14.6 Å². The van der Waals surface area contributed by atoms with Crippen LogP contribution in [0.5, 0.6) is 0 Å². The molecule has 1 atom stereocenters.